The number of hydrogen-bond acceptors (Lipinski definition) is 5. The van der Waals surface area contributed by atoms with Crippen LogP contribution in [0.25, 0.3) is 10.2 Å². The van der Waals surface area contributed by atoms with E-state index in [1.165, 1.54) is 23.1 Å². The second-order valence-electron chi connectivity index (χ2n) is 2.69. The second kappa shape index (κ2) is 4.34. The molecule has 0 unspecified atom stereocenters. The number of aromatic nitrogens is 2. The molecule has 78 valence electrons. The van der Waals surface area contributed by atoms with E-state index in [2.05, 4.69) is 9.97 Å². The van der Waals surface area contributed by atoms with Gasteiger partial charge in [-0.1, -0.05) is 11.8 Å². The van der Waals surface area contributed by atoms with Gasteiger partial charge in [0.1, 0.15) is 9.86 Å². The Bertz CT molecular complexity index is 514. The van der Waals surface area contributed by atoms with Gasteiger partial charge in [0.05, 0.1) is 5.75 Å². The molecular weight excluding hydrogens is 254 g/mol. The second-order valence-corrected chi connectivity index (χ2v) is 4.89. The number of rotatable bonds is 3. The third-order valence-electron chi connectivity index (χ3n) is 1.61. The lowest BCUT2D eigenvalue weighted by Crippen LogP contribution is -2.13. The normalized spacial score (nSPS) is 10.7. The Morgan fingerprint density at radius 2 is 2.40 bits per heavy atom. The van der Waals surface area contributed by atoms with E-state index in [9.17, 15) is 4.79 Å². The maximum atomic E-state index is 10.7. The number of carbonyl (C=O) groups is 1. The minimum atomic E-state index is -0.377. The molecule has 0 atom stereocenters. The maximum Gasteiger partial charge on any atom is 0.227 e. The molecular formula is C8H6ClN3OS2. The van der Waals surface area contributed by atoms with Crippen molar-refractivity contribution in [2.24, 2.45) is 5.73 Å². The predicted molar refractivity (Wildman–Crippen MR) is 62.3 cm³/mol. The van der Waals surface area contributed by atoms with Gasteiger partial charge in [-0.05, 0) is 23.0 Å². The monoisotopic (exact) mass is 259 g/mol. The number of nitrogens with zero attached hydrogens (tertiary/aromatic N) is 2. The summed E-state index contributed by atoms with van der Waals surface area (Å²) in [6, 6.07) is 1.90. The molecule has 2 heterocycles. The number of fused-ring (bicyclic) bond motifs is 1. The number of amides is 1. The molecule has 0 aromatic carbocycles. The maximum absolute atomic E-state index is 10.7. The third-order valence-corrected chi connectivity index (χ3v) is 3.60. The number of thiophene rings is 1. The van der Waals surface area contributed by atoms with Crippen molar-refractivity contribution in [2.45, 2.75) is 5.03 Å². The van der Waals surface area contributed by atoms with Gasteiger partial charge in [-0.15, -0.1) is 11.3 Å². The molecule has 2 N–H and O–H groups in total. The van der Waals surface area contributed by atoms with Crippen LogP contribution in [0.3, 0.4) is 0 Å². The van der Waals surface area contributed by atoms with Crippen molar-refractivity contribution in [1.29, 1.82) is 0 Å². The van der Waals surface area contributed by atoms with Crippen molar-refractivity contribution in [2.75, 3.05) is 5.75 Å². The predicted octanol–water partition coefficient (Wildman–Crippen LogP) is 1.92. The van der Waals surface area contributed by atoms with Crippen LogP contribution in [-0.4, -0.2) is 21.6 Å². The van der Waals surface area contributed by atoms with E-state index in [-0.39, 0.29) is 16.9 Å². The zero-order chi connectivity index (χ0) is 10.8. The molecule has 0 radical (unpaired) electrons. The number of carbonyl (C=O) groups excluding carboxylic acids is 1. The van der Waals surface area contributed by atoms with Gasteiger partial charge in [-0.3, -0.25) is 4.79 Å². The Morgan fingerprint density at radius 1 is 1.60 bits per heavy atom. The molecule has 7 heteroatoms. The third kappa shape index (κ3) is 2.39. The summed E-state index contributed by atoms with van der Waals surface area (Å²) in [4.78, 5) is 19.6. The van der Waals surface area contributed by atoms with Crippen LogP contribution in [0.1, 0.15) is 0 Å². The van der Waals surface area contributed by atoms with E-state index in [1.54, 1.807) is 0 Å². The van der Waals surface area contributed by atoms with Crippen LogP contribution in [0.4, 0.5) is 0 Å². The Hall–Kier alpha value is -0.850. The lowest BCUT2D eigenvalue weighted by Gasteiger charge is -2.00. The average molecular weight is 260 g/mol. The number of hydrogen-bond donors (Lipinski definition) is 1. The Kier molecular flexibility index (Phi) is 3.08. The first-order valence-electron chi connectivity index (χ1n) is 3.98. The van der Waals surface area contributed by atoms with Gasteiger partial charge in [0.25, 0.3) is 0 Å². The van der Waals surface area contributed by atoms with E-state index < -0.39 is 0 Å². The lowest BCUT2D eigenvalue weighted by atomic mass is 10.4. The minimum absolute atomic E-state index is 0.192. The molecule has 0 saturated heterocycles. The molecule has 0 aliphatic heterocycles. The highest BCUT2D eigenvalue weighted by atomic mass is 35.5. The van der Waals surface area contributed by atoms with Crippen LogP contribution in [0, 0.1) is 0 Å². The number of halogens is 1. The smallest absolute Gasteiger partial charge is 0.227 e. The standard InChI is InChI=1S/C8H6ClN3OS2/c9-8-11-6-4(1-2-14-6)7(12-8)15-3-5(10)13/h1-2H,3H2,(H2,10,13). The van der Waals surface area contributed by atoms with Gasteiger partial charge in [0.2, 0.25) is 11.2 Å². The summed E-state index contributed by atoms with van der Waals surface area (Å²) in [5, 5.41) is 3.71. The molecule has 0 bridgehead atoms. The number of primary amides is 1. The van der Waals surface area contributed by atoms with Crippen LogP contribution in [0.2, 0.25) is 5.28 Å². The Labute approximate surface area is 98.9 Å². The molecule has 0 aliphatic carbocycles. The molecule has 2 aromatic rings. The van der Waals surface area contributed by atoms with Crippen LogP contribution < -0.4 is 5.73 Å². The zero-order valence-corrected chi connectivity index (χ0v) is 9.83. The SMILES string of the molecule is NC(=O)CSc1nc(Cl)nc2sccc12. The molecule has 0 saturated carbocycles. The van der Waals surface area contributed by atoms with Crippen molar-refractivity contribution in [1.82, 2.24) is 9.97 Å². The summed E-state index contributed by atoms with van der Waals surface area (Å²) in [7, 11) is 0. The molecule has 2 rings (SSSR count). The first-order valence-corrected chi connectivity index (χ1v) is 6.23. The molecule has 4 nitrogen and oxygen atoms in total. The number of thioether (sulfide) groups is 1. The van der Waals surface area contributed by atoms with Gasteiger partial charge in [0, 0.05) is 5.39 Å². The summed E-state index contributed by atoms with van der Waals surface area (Å²) < 4.78 is 0. The van der Waals surface area contributed by atoms with Crippen molar-refractivity contribution < 1.29 is 4.79 Å². The highest BCUT2D eigenvalue weighted by Crippen LogP contribution is 2.29. The average Bonchev–Trinajstić information content (AvgIpc) is 2.61. The Balaban J connectivity index is 2.39. The molecule has 0 spiro atoms. The molecule has 1 amide bonds. The van der Waals surface area contributed by atoms with E-state index in [0.29, 0.717) is 5.03 Å². The summed E-state index contributed by atoms with van der Waals surface area (Å²) in [6.45, 7) is 0. The van der Waals surface area contributed by atoms with Gasteiger partial charge >= 0.3 is 0 Å². The summed E-state index contributed by atoms with van der Waals surface area (Å²) >= 11 is 8.51. The van der Waals surface area contributed by atoms with Crippen molar-refractivity contribution in [3.8, 4) is 0 Å². The van der Waals surface area contributed by atoms with Crippen LogP contribution in [0.15, 0.2) is 16.5 Å². The van der Waals surface area contributed by atoms with Gasteiger partial charge in [-0.2, -0.15) is 0 Å². The molecule has 0 fully saturated rings. The van der Waals surface area contributed by atoms with E-state index in [0.717, 1.165) is 10.2 Å². The first-order chi connectivity index (χ1) is 7.16. The van der Waals surface area contributed by atoms with Crippen LogP contribution in [-0.2, 0) is 4.79 Å². The Morgan fingerprint density at radius 3 is 3.13 bits per heavy atom. The van der Waals surface area contributed by atoms with E-state index in [4.69, 9.17) is 17.3 Å². The van der Waals surface area contributed by atoms with Crippen LogP contribution in [0.5, 0.6) is 0 Å². The summed E-state index contributed by atoms with van der Waals surface area (Å²) in [5.41, 5.74) is 5.06. The minimum Gasteiger partial charge on any atom is -0.369 e. The lowest BCUT2D eigenvalue weighted by molar-refractivity contribution is -0.115. The number of nitrogens with two attached hydrogens (primary N) is 1. The highest BCUT2D eigenvalue weighted by molar-refractivity contribution is 8.00. The fourth-order valence-electron chi connectivity index (χ4n) is 1.05. The first kappa shape index (κ1) is 10.7. The fraction of sp³-hybridized carbons (Fsp3) is 0.125. The topological polar surface area (TPSA) is 68.9 Å². The molecule has 0 aliphatic rings. The van der Waals surface area contributed by atoms with Crippen molar-refractivity contribution in [3.05, 3.63) is 16.7 Å². The summed E-state index contributed by atoms with van der Waals surface area (Å²) in [5.74, 6) is -0.184. The van der Waals surface area contributed by atoms with Crippen LogP contribution >= 0.6 is 34.7 Å². The van der Waals surface area contributed by atoms with Crippen molar-refractivity contribution >= 4 is 50.8 Å². The van der Waals surface area contributed by atoms with E-state index >= 15 is 0 Å². The van der Waals surface area contributed by atoms with Crippen molar-refractivity contribution in [3.63, 3.8) is 0 Å². The van der Waals surface area contributed by atoms with Gasteiger partial charge in [-0.25, -0.2) is 9.97 Å². The molecule has 2 aromatic heterocycles. The molecule has 15 heavy (non-hydrogen) atoms. The van der Waals surface area contributed by atoms with Gasteiger partial charge < -0.3 is 5.73 Å². The fourth-order valence-corrected chi connectivity index (χ4v) is 2.90. The quantitative estimate of drug-likeness (QED) is 0.519. The van der Waals surface area contributed by atoms with Gasteiger partial charge in [0.15, 0.2) is 0 Å². The zero-order valence-electron chi connectivity index (χ0n) is 7.44. The summed E-state index contributed by atoms with van der Waals surface area (Å²) in [6.07, 6.45) is 0. The highest BCUT2D eigenvalue weighted by Gasteiger charge is 2.09. The van der Waals surface area contributed by atoms with E-state index in [1.807, 2.05) is 11.4 Å². The largest absolute Gasteiger partial charge is 0.369 e.